The van der Waals surface area contributed by atoms with Gasteiger partial charge in [0.05, 0.1) is 5.69 Å². The van der Waals surface area contributed by atoms with E-state index in [1.807, 2.05) is 6.07 Å². The van der Waals surface area contributed by atoms with Gasteiger partial charge in [0, 0.05) is 35.2 Å². The highest BCUT2D eigenvalue weighted by molar-refractivity contribution is 7.21. The monoisotopic (exact) mass is 378 g/mol. The molecule has 1 N–H and O–H groups in total. The first-order chi connectivity index (χ1) is 12.4. The van der Waals surface area contributed by atoms with E-state index in [0.717, 1.165) is 15.8 Å². The van der Waals surface area contributed by atoms with Gasteiger partial charge < -0.3 is 5.32 Å². The lowest BCUT2D eigenvalue weighted by Crippen LogP contribution is -2.16. The molecule has 0 radical (unpaired) electrons. The van der Waals surface area contributed by atoms with Crippen LogP contribution in [-0.2, 0) is 0 Å². The maximum atomic E-state index is 12.6. The highest BCUT2D eigenvalue weighted by Crippen LogP contribution is 2.37. The normalized spacial score (nSPS) is 10.9. The summed E-state index contributed by atoms with van der Waals surface area (Å²) in [6, 6.07) is 5.39. The summed E-state index contributed by atoms with van der Waals surface area (Å²) in [5, 5.41) is 3.65. The Balaban J connectivity index is 2.00. The molecule has 0 aromatic carbocycles. The SMILES string of the molecule is C=Nc1c(C(=O)Nc2ccncc2)sc2ncc(C#C[Si](C)(C)C)cc12. The predicted octanol–water partition coefficient (Wildman–Crippen LogP) is 4.50. The number of amides is 1. The molecule has 3 aromatic heterocycles. The van der Waals surface area contributed by atoms with Crippen LogP contribution in [0.5, 0.6) is 0 Å². The molecule has 0 saturated heterocycles. The number of anilines is 1. The third kappa shape index (κ3) is 4.04. The predicted molar refractivity (Wildman–Crippen MR) is 111 cm³/mol. The van der Waals surface area contributed by atoms with Crippen molar-refractivity contribution >= 4 is 53.6 Å². The summed E-state index contributed by atoms with van der Waals surface area (Å²) in [5.41, 5.74) is 5.36. The molecule has 0 saturated carbocycles. The van der Waals surface area contributed by atoms with Crippen LogP contribution in [0.15, 0.2) is 41.8 Å². The topological polar surface area (TPSA) is 67.2 Å². The van der Waals surface area contributed by atoms with Crippen molar-refractivity contribution in [2.45, 2.75) is 19.6 Å². The van der Waals surface area contributed by atoms with E-state index in [1.165, 1.54) is 11.3 Å². The van der Waals surface area contributed by atoms with Crippen molar-refractivity contribution in [2.75, 3.05) is 5.32 Å². The summed E-state index contributed by atoms with van der Waals surface area (Å²) >= 11 is 1.30. The second kappa shape index (κ2) is 7.20. The van der Waals surface area contributed by atoms with Crippen LogP contribution in [0.1, 0.15) is 15.2 Å². The molecule has 7 heteroatoms. The van der Waals surface area contributed by atoms with E-state index >= 15 is 0 Å². The molecule has 3 heterocycles. The van der Waals surface area contributed by atoms with Crippen LogP contribution >= 0.6 is 11.3 Å². The third-order valence-corrected chi connectivity index (χ3v) is 5.38. The van der Waals surface area contributed by atoms with Crippen molar-refractivity contribution in [1.29, 1.82) is 0 Å². The molecule has 26 heavy (non-hydrogen) atoms. The minimum atomic E-state index is -1.48. The van der Waals surface area contributed by atoms with Gasteiger partial charge in [-0.25, -0.2) is 4.98 Å². The highest BCUT2D eigenvalue weighted by Gasteiger charge is 2.19. The molecular weight excluding hydrogens is 360 g/mol. The number of hydrogen-bond acceptors (Lipinski definition) is 5. The number of nitrogens with one attached hydrogen (secondary N) is 1. The van der Waals surface area contributed by atoms with E-state index in [9.17, 15) is 4.79 Å². The number of fused-ring (bicyclic) bond motifs is 1. The number of pyridine rings is 2. The zero-order chi connectivity index (χ0) is 18.7. The summed E-state index contributed by atoms with van der Waals surface area (Å²) in [6.07, 6.45) is 4.99. The van der Waals surface area contributed by atoms with E-state index in [0.29, 0.717) is 16.3 Å². The maximum absolute atomic E-state index is 12.6. The van der Waals surface area contributed by atoms with Crippen molar-refractivity contribution in [3.8, 4) is 11.5 Å². The van der Waals surface area contributed by atoms with Crippen LogP contribution in [0.4, 0.5) is 11.4 Å². The van der Waals surface area contributed by atoms with Crippen molar-refractivity contribution < 1.29 is 4.79 Å². The van der Waals surface area contributed by atoms with Gasteiger partial charge in [-0.2, -0.15) is 0 Å². The lowest BCUT2D eigenvalue weighted by atomic mass is 10.2. The summed E-state index contributed by atoms with van der Waals surface area (Å²) in [4.78, 5) is 26.3. The quantitative estimate of drug-likeness (QED) is 0.414. The Bertz CT molecular complexity index is 1040. The molecule has 0 bridgehead atoms. The number of hydrogen-bond donors (Lipinski definition) is 1. The Labute approximate surface area is 157 Å². The molecule has 0 aliphatic heterocycles. The summed E-state index contributed by atoms with van der Waals surface area (Å²) in [7, 11) is -1.48. The first kappa shape index (κ1) is 18.0. The second-order valence-corrected chi connectivity index (χ2v) is 12.5. The van der Waals surface area contributed by atoms with E-state index in [2.05, 4.69) is 58.1 Å². The molecule has 3 rings (SSSR count). The van der Waals surface area contributed by atoms with Crippen LogP contribution in [0, 0.1) is 11.5 Å². The third-order valence-electron chi connectivity index (χ3n) is 3.40. The molecule has 0 unspecified atom stereocenters. The molecular formula is C19H18N4OSSi. The zero-order valence-corrected chi connectivity index (χ0v) is 16.6. The molecule has 0 fully saturated rings. The molecule has 1 amide bonds. The number of thiophene rings is 1. The Hall–Kier alpha value is -2.82. The summed E-state index contributed by atoms with van der Waals surface area (Å²) in [6.45, 7) is 10.2. The molecule has 3 aromatic rings. The van der Waals surface area contributed by atoms with E-state index in [-0.39, 0.29) is 5.91 Å². The van der Waals surface area contributed by atoms with Gasteiger partial charge in [-0.15, -0.1) is 16.9 Å². The summed E-state index contributed by atoms with van der Waals surface area (Å²) in [5.74, 6) is 2.95. The molecule has 5 nitrogen and oxygen atoms in total. The van der Waals surface area contributed by atoms with Crippen LogP contribution in [-0.4, -0.2) is 30.7 Å². The van der Waals surface area contributed by atoms with Crippen molar-refractivity contribution in [1.82, 2.24) is 9.97 Å². The van der Waals surface area contributed by atoms with Gasteiger partial charge >= 0.3 is 0 Å². The minimum absolute atomic E-state index is 0.240. The number of carbonyl (C=O) groups is 1. The number of carbonyl (C=O) groups excluding carboxylic acids is 1. The van der Waals surface area contributed by atoms with Gasteiger partial charge in [-0.05, 0) is 24.9 Å². The van der Waals surface area contributed by atoms with E-state index in [1.54, 1.807) is 30.7 Å². The van der Waals surface area contributed by atoms with Crippen molar-refractivity contribution in [3.63, 3.8) is 0 Å². The average Bonchev–Trinajstić information content (AvgIpc) is 2.98. The highest BCUT2D eigenvalue weighted by atomic mass is 32.1. The molecule has 0 spiro atoms. The Morgan fingerprint density at radius 3 is 2.69 bits per heavy atom. The van der Waals surface area contributed by atoms with Crippen LogP contribution in [0.3, 0.4) is 0 Å². The summed E-state index contributed by atoms with van der Waals surface area (Å²) < 4.78 is 0. The molecule has 0 atom stereocenters. The first-order valence-corrected chi connectivity index (χ1v) is 12.3. The Morgan fingerprint density at radius 2 is 2.04 bits per heavy atom. The van der Waals surface area contributed by atoms with Gasteiger partial charge in [-0.1, -0.05) is 25.6 Å². The lowest BCUT2D eigenvalue weighted by Gasteiger charge is -2.03. The van der Waals surface area contributed by atoms with Crippen molar-refractivity contribution in [2.24, 2.45) is 4.99 Å². The number of aromatic nitrogens is 2. The zero-order valence-electron chi connectivity index (χ0n) is 14.8. The number of nitrogens with zero attached hydrogens (tertiary/aromatic N) is 3. The smallest absolute Gasteiger partial charge is 0.268 e. The van der Waals surface area contributed by atoms with Crippen LogP contribution in [0.25, 0.3) is 10.2 Å². The van der Waals surface area contributed by atoms with Crippen LogP contribution in [0.2, 0.25) is 19.6 Å². The standard InChI is InChI=1S/C19H18N4OSSi/c1-20-16-15-11-13(7-10-26(2,3)4)12-22-19(15)25-17(16)18(24)23-14-5-8-21-9-6-14/h5-6,8-9,11-12H,1H2,2-4H3,(H,21,23,24). The minimum Gasteiger partial charge on any atom is -0.321 e. The number of rotatable bonds is 3. The van der Waals surface area contributed by atoms with Gasteiger partial charge in [0.25, 0.3) is 5.91 Å². The molecule has 0 aliphatic carbocycles. The van der Waals surface area contributed by atoms with E-state index < -0.39 is 8.07 Å². The lowest BCUT2D eigenvalue weighted by molar-refractivity contribution is 0.103. The van der Waals surface area contributed by atoms with Gasteiger partial charge in [-0.3, -0.25) is 14.8 Å². The van der Waals surface area contributed by atoms with Crippen molar-refractivity contribution in [3.05, 3.63) is 47.2 Å². The second-order valence-electron chi connectivity index (χ2n) is 6.70. The molecule has 130 valence electrons. The first-order valence-electron chi connectivity index (χ1n) is 8.01. The van der Waals surface area contributed by atoms with Gasteiger partial charge in [0.2, 0.25) is 0 Å². The average molecular weight is 379 g/mol. The maximum Gasteiger partial charge on any atom is 0.268 e. The fourth-order valence-electron chi connectivity index (χ4n) is 2.23. The number of aliphatic imine (C=N–C) groups is 1. The van der Waals surface area contributed by atoms with Gasteiger partial charge in [0.1, 0.15) is 17.8 Å². The van der Waals surface area contributed by atoms with Gasteiger partial charge in [0.15, 0.2) is 0 Å². The van der Waals surface area contributed by atoms with Crippen LogP contribution < -0.4 is 5.32 Å². The Morgan fingerprint density at radius 1 is 1.31 bits per heavy atom. The van der Waals surface area contributed by atoms with E-state index in [4.69, 9.17) is 0 Å². The largest absolute Gasteiger partial charge is 0.321 e. The molecule has 0 aliphatic rings. The fourth-order valence-corrected chi connectivity index (χ4v) is 3.73. The fraction of sp³-hybridized carbons (Fsp3) is 0.158. The Kier molecular flexibility index (Phi) is 4.98.